The highest BCUT2D eigenvalue weighted by molar-refractivity contribution is 5.78. The van der Waals surface area contributed by atoms with Gasteiger partial charge in [0, 0.05) is 19.0 Å². The highest BCUT2D eigenvalue weighted by Crippen LogP contribution is 2.16. The van der Waals surface area contributed by atoms with Crippen molar-refractivity contribution >= 4 is 11.9 Å². The molecule has 0 radical (unpaired) electrons. The van der Waals surface area contributed by atoms with E-state index in [0.29, 0.717) is 6.54 Å². The molecular formula is C17H27N3O2. The second kappa shape index (κ2) is 8.41. The zero-order valence-electron chi connectivity index (χ0n) is 14.1. The summed E-state index contributed by atoms with van der Waals surface area (Å²) >= 11 is 0. The zero-order chi connectivity index (χ0) is 16.7. The first kappa shape index (κ1) is 18.0. The molecule has 0 saturated carbocycles. The number of amides is 3. The number of urea groups is 1. The van der Waals surface area contributed by atoms with E-state index < -0.39 is 0 Å². The molecule has 3 amide bonds. The molecule has 0 aromatic heterocycles. The summed E-state index contributed by atoms with van der Waals surface area (Å²) in [5, 5.41) is 8.37. The maximum absolute atomic E-state index is 11.8. The Morgan fingerprint density at radius 1 is 1.00 bits per heavy atom. The van der Waals surface area contributed by atoms with Gasteiger partial charge in [-0.1, -0.05) is 29.3 Å². The van der Waals surface area contributed by atoms with Gasteiger partial charge in [0.1, 0.15) is 0 Å². The molecule has 3 N–H and O–H groups in total. The summed E-state index contributed by atoms with van der Waals surface area (Å²) in [6.45, 7) is 10.2. The van der Waals surface area contributed by atoms with Crippen molar-refractivity contribution in [3.8, 4) is 0 Å². The SMILES string of the molecule is Cc1cc(C)cc([C@@H](C)NC(=O)NCCC(=O)NC(C)C)c1. The molecule has 0 spiro atoms. The lowest BCUT2D eigenvalue weighted by Gasteiger charge is -2.16. The van der Waals surface area contributed by atoms with Gasteiger partial charge < -0.3 is 16.0 Å². The Hall–Kier alpha value is -2.04. The quantitative estimate of drug-likeness (QED) is 0.756. The standard InChI is InChI=1S/C17H27N3O2/c1-11(2)19-16(21)6-7-18-17(22)20-14(5)15-9-12(3)8-13(4)10-15/h8-11,14H,6-7H2,1-5H3,(H,19,21)(H2,18,20,22)/t14-/m1/s1. The van der Waals surface area contributed by atoms with Gasteiger partial charge >= 0.3 is 6.03 Å². The maximum atomic E-state index is 11.8. The van der Waals surface area contributed by atoms with Crippen LogP contribution in [0.1, 0.15) is 49.9 Å². The highest BCUT2D eigenvalue weighted by Gasteiger charge is 2.10. The van der Waals surface area contributed by atoms with E-state index >= 15 is 0 Å². The minimum absolute atomic E-state index is 0.0577. The van der Waals surface area contributed by atoms with E-state index in [9.17, 15) is 9.59 Å². The average Bonchev–Trinajstić information content (AvgIpc) is 2.36. The molecule has 0 aliphatic carbocycles. The van der Waals surface area contributed by atoms with Gasteiger partial charge in [0.15, 0.2) is 0 Å². The Morgan fingerprint density at radius 2 is 1.59 bits per heavy atom. The van der Waals surface area contributed by atoms with Crippen LogP contribution in [0.3, 0.4) is 0 Å². The third-order valence-corrected chi connectivity index (χ3v) is 3.18. The fourth-order valence-electron chi connectivity index (χ4n) is 2.27. The number of benzene rings is 1. The molecule has 1 atom stereocenters. The second-order valence-corrected chi connectivity index (χ2v) is 6.02. The molecule has 0 fully saturated rings. The second-order valence-electron chi connectivity index (χ2n) is 6.02. The minimum Gasteiger partial charge on any atom is -0.354 e. The Kier molecular flexibility index (Phi) is 6.89. The van der Waals surface area contributed by atoms with Crippen molar-refractivity contribution in [1.82, 2.24) is 16.0 Å². The van der Waals surface area contributed by atoms with Crippen LogP contribution < -0.4 is 16.0 Å². The normalized spacial score (nSPS) is 11.9. The zero-order valence-corrected chi connectivity index (χ0v) is 14.1. The summed E-state index contributed by atoms with van der Waals surface area (Å²) < 4.78 is 0. The van der Waals surface area contributed by atoms with Crippen molar-refractivity contribution in [2.24, 2.45) is 0 Å². The predicted octanol–water partition coefficient (Wildman–Crippen LogP) is 2.58. The molecular weight excluding hydrogens is 278 g/mol. The Balaban J connectivity index is 2.39. The van der Waals surface area contributed by atoms with Crippen LogP contribution >= 0.6 is 0 Å². The van der Waals surface area contributed by atoms with Gasteiger partial charge in [-0.25, -0.2) is 4.79 Å². The van der Waals surface area contributed by atoms with E-state index in [1.165, 1.54) is 11.1 Å². The largest absolute Gasteiger partial charge is 0.354 e. The lowest BCUT2D eigenvalue weighted by atomic mass is 10.0. The third kappa shape index (κ3) is 6.61. The van der Waals surface area contributed by atoms with Gasteiger partial charge in [0.25, 0.3) is 0 Å². The van der Waals surface area contributed by atoms with Crippen LogP contribution in [0.5, 0.6) is 0 Å². The molecule has 22 heavy (non-hydrogen) atoms. The van der Waals surface area contributed by atoms with Gasteiger partial charge in [-0.15, -0.1) is 0 Å². The molecule has 5 heteroatoms. The van der Waals surface area contributed by atoms with E-state index in [4.69, 9.17) is 0 Å². The number of carbonyl (C=O) groups is 2. The summed E-state index contributed by atoms with van der Waals surface area (Å²) in [5.74, 6) is -0.0577. The molecule has 0 aliphatic rings. The van der Waals surface area contributed by atoms with Crippen molar-refractivity contribution in [2.45, 2.75) is 53.1 Å². The summed E-state index contributed by atoms with van der Waals surface area (Å²) in [7, 11) is 0. The number of aryl methyl sites for hydroxylation is 2. The van der Waals surface area contributed by atoms with E-state index in [2.05, 4.69) is 34.1 Å². The fourth-order valence-corrected chi connectivity index (χ4v) is 2.27. The van der Waals surface area contributed by atoms with Gasteiger partial charge in [-0.3, -0.25) is 4.79 Å². The molecule has 0 aliphatic heterocycles. The molecule has 0 unspecified atom stereocenters. The molecule has 1 aromatic rings. The van der Waals surface area contributed by atoms with E-state index in [1.807, 2.05) is 34.6 Å². The van der Waals surface area contributed by atoms with Gasteiger partial charge in [-0.05, 0) is 40.2 Å². The Labute approximate surface area is 132 Å². The van der Waals surface area contributed by atoms with Crippen LogP contribution in [-0.2, 0) is 4.79 Å². The van der Waals surface area contributed by atoms with Crippen molar-refractivity contribution in [2.75, 3.05) is 6.54 Å². The summed E-state index contributed by atoms with van der Waals surface area (Å²) in [6.07, 6.45) is 0.281. The Morgan fingerprint density at radius 3 is 2.14 bits per heavy atom. The van der Waals surface area contributed by atoms with Crippen LogP contribution in [-0.4, -0.2) is 24.5 Å². The molecule has 1 rings (SSSR count). The first-order valence-corrected chi connectivity index (χ1v) is 7.70. The van der Waals surface area contributed by atoms with E-state index in [0.717, 1.165) is 5.56 Å². The van der Waals surface area contributed by atoms with E-state index in [-0.39, 0.29) is 30.4 Å². The number of rotatable bonds is 6. The van der Waals surface area contributed by atoms with Crippen LogP contribution in [0.25, 0.3) is 0 Å². The number of nitrogens with one attached hydrogen (secondary N) is 3. The van der Waals surface area contributed by atoms with Crippen LogP contribution in [0, 0.1) is 13.8 Å². The van der Waals surface area contributed by atoms with Crippen molar-refractivity contribution in [1.29, 1.82) is 0 Å². The highest BCUT2D eigenvalue weighted by atomic mass is 16.2. The molecule has 122 valence electrons. The predicted molar refractivity (Wildman–Crippen MR) is 88.8 cm³/mol. The van der Waals surface area contributed by atoms with Crippen LogP contribution in [0.2, 0.25) is 0 Å². The first-order chi connectivity index (χ1) is 10.3. The lowest BCUT2D eigenvalue weighted by molar-refractivity contribution is -0.121. The smallest absolute Gasteiger partial charge is 0.315 e. The van der Waals surface area contributed by atoms with Crippen LogP contribution in [0.15, 0.2) is 18.2 Å². The molecule has 5 nitrogen and oxygen atoms in total. The number of hydrogen-bond acceptors (Lipinski definition) is 2. The van der Waals surface area contributed by atoms with Gasteiger partial charge in [-0.2, -0.15) is 0 Å². The molecule has 0 bridgehead atoms. The van der Waals surface area contributed by atoms with Crippen molar-refractivity contribution in [3.05, 3.63) is 34.9 Å². The number of carbonyl (C=O) groups excluding carboxylic acids is 2. The Bertz CT molecular complexity index is 506. The molecule has 1 aromatic carbocycles. The van der Waals surface area contributed by atoms with Crippen molar-refractivity contribution < 1.29 is 9.59 Å². The third-order valence-electron chi connectivity index (χ3n) is 3.18. The summed E-state index contributed by atoms with van der Waals surface area (Å²) in [5.41, 5.74) is 3.43. The average molecular weight is 305 g/mol. The topological polar surface area (TPSA) is 70.2 Å². The maximum Gasteiger partial charge on any atom is 0.315 e. The fraction of sp³-hybridized carbons (Fsp3) is 0.529. The minimum atomic E-state index is -0.260. The lowest BCUT2D eigenvalue weighted by Crippen LogP contribution is -2.39. The van der Waals surface area contributed by atoms with Crippen LogP contribution in [0.4, 0.5) is 4.79 Å². The first-order valence-electron chi connectivity index (χ1n) is 7.70. The van der Waals surface area contributed by atoms with Crippen molar-refractivity contribution in [3.63, 3.8) is 0 Å². The molecule has 0 saturated heterocycles. The van der Waals surface area contributed by atoms with E-state index in [1.54, 1.807) is 0 Å². The van der Waals surface area contributed by atoms with Gasteiger partial charge in [0.2, 0.25) is 5.91 Å². The monoisotopic (exact) mass is 305 g/mol. The number of hydrogen-bond donors (Lipinski definition) is 3. The molecule has 0 heterocycles. The summed E-state index contributed by atoms with van der Waals surface area (Å²) in [6, 6.07) is 6.00. The van der Waals surface area contributed by atoms with Gasteiger partial charge in [0.05, 0.1) is 6.04 Å². The summed E-state index contributed by atoms with van der Waals surface area (Å²) in [4.78, 5) is 23.3.